The summed E-state index contributed by atoms with van der Waals surface area (Å²) in [5.74, 6) is -0.309. The number of amidine groups is 1. The predicted octanol–water partition coefficient (Wildman–Crippen LogP) is -1.24. The highest BCUT2D eigenvalue weighted by atomic mass is 127. The van der Waals surface area contributed by atoms with Crippen molar-refractivity contribution in [1.29, 1.82) is 0 Å². The molecule has 1 aromatic carbocycles. The summed E-state index contributed by atoms with van der Waals surface area (Å²) in [5.41, 5.74) is 0.568. The monoisotopic (exact) mass is 394 g/mol. The van der Waals surface area contributed by atoms with Crippen LogP contribution in [0.2, 0.25) is 0 Å². The van der Waals surface area contributed by atoms with Gasteiger partial charge in [-0.1, -0.05) is 0 Å². The SMILES string of the molecule is COC(=O)c1ccc(SC(N(C)C)=[N+](C)C)cc1.[I-]. The molecular formula is C13H19IN2O2S. The summed E-state index contributed by atoms with van der Waals surface area (Å²) in [6.45, 7) is 0. The molecular weight excluding hydrogens is 375 g/mol. The summed E-state index contributed by atoms with van der Waals surface area (Å²) in [6, 6.07) is 7.39. The van der Waals surface area contributed by atoms with E-state index in [1.165, 1.54) is 7.11 Å². The van der Waals surface area contributed by atoms with Crippen molar-refractivity contribution in [2.24, 2.45) is 0 Å². The number of benzene rings is 1. The smallest absolute Gasteiger partial charge is 0.337 e. The number of methoxy groups -OCH3 is 1. The van der Waals surface area contributed by atoms with Crippen LogP contribution in [-0.2, 0) is 4.74 Å². The first kappa shape index (κ1) is 18.2. The van der Waals surface area contributed by atoms with Crippen LogP contribution in [0, 0.1) is 0 Å². The Morgan fingerprint density at radius 1 is 1.21 bits per heavy atom. The van der Waals surface area contributed by atoms with Gasteiger partial charge in [0, 0.05) is 4.90 Å². The van der Waals surface area contributed by atoms with Gasteiger partial charge in [-0.05, 0) is 36.0 Å². The normalized spacial score (nSPS) is 9.32. The van der Waals surface area contributed by atoms with Gasteiger partial charge in [0.25, 0.3) is 0 Å². The van der Waals surface area contributed by atoms with Gasteiger partial charge >= 0.3 is 11.1 Å². The number of hydrogen-bond donors (Lipinski definition) is 0. The fourth-order valence-electron chi connectivity index (χ4n) is 1.46. The Balaban J connectivity index is 0.00000324. The van der Waals surface area contributed by atoms with E-state index in [1.807, 2.05) is 40.3 Å². The number of rotatable bonds is 2. The summed E-state index contributed by atoms with van der Waals surface area (Å²) < 4.78 is 6.72. The predicted molar refractivity (Wildman–Crippen MR) is 74.4 cm³/mol. The van der Waals surface area contributed by atoms with Crippen LogP contribution in [0.25, 0.3) is 0 Å². The molecule has 1 aromatic rings. The minimum absolute atomic E-state index is 0. The van der Waals surface area contributed by atoms with Crippen LogP contribution in [0.5, 0.6) is 0 Å². The van der Waals surface area contributed by atoms with E-state index in [0.29, 0.717) is 5.56 Å². The van der Waals surface area contributed by atoms with Crippen molar-refractivity contribution in [3.8, 4) is 0 Å². The second kappa shape index (κ2) is 8.42. The van der Waals surface area contributed by atoms with E-state index in [9.17, 15) is 4.79 Å². The minimum atomic E-state index is -0.309. The molecule has 0 bridgehead atoms. The Bertz CT molecular complexity index is 454. The molecule has 4 nitrogen and oxygen atoms in total. The lowest BCUT2D eigenvalue weighted by atomic mass is 10.2. The van der Waals surface area contributed by atoms with Gasteiger partial charge in [-0.25, -0.2) is 4.79 Å². The number of thioether (sulfide) groups is 1. The highest BCUT2D eigenvalue weighted by Gasteiger charge is 2.14. The van der Waals surface area contributed by atoms with Gasteiger partial charge in [0.2, 0.25) is 0 Å². The molecule has 0 atom stereocenters. The molecule has 0 radical (unpaired) electrons. The molecule has 1 rings (SSSR count). The van der Waals surface area contributed by atoms with Crippen LogP contribution in [0.3, 0.4) is 0 Å². The van der Waals surface area contributed by atoms with Crippen LogP contribution in [0.4, 0.5) is 0 Å². The number of nitrogens with zero attached hydrogens (tertiary/aromatic N) is 2. The zero-order chi connectivity index (χ0) is 13.7. The van der Waals surface area contributed by atoms with E-state index in [-0.39, 0.29) is 29.9 Å². The van der Waals surface area contributed by atoms with Crippen LogP contribution in [0.15, 0.2) is 29.2 Å². The van der Waals surface area contributed by atoms with E-state index in [0.717, 1.165) is 10.1 Å². The Morgan fingerprint density at radius 3 is 2.11 bits per heavy atom. The van der Waals surface area contributed by atoms with Crippen molar-refractivity contribution in [3.05, 3.63) is 29.8 Å². The molecule has 0 saturated heterocycles. The standard InChI is InChI=1S/C13H19N2O2S.HI/c1-14(2)13(15(3)4)18-11-8-6-10(7-9-11)12(16)17-5;/h6-9H,1-5H3;1H/q+1;/p-1. The fraction of sp³-hybridized carbons (Fsp3) is 0.385. The Morgan fingerprint density at radius 2 is 1.74 bits per heavy atom. The molecule has 0 fully saturated rings. The number of carbonyl (C=O) groups excluding carboxylic acids is 1. The van der Waals surface area contributed by atoms with Crippen molar-refractivity contribution >= 4 is 22.9 Å². The van der Waals surface area contributed by atoms with Crippen molar-refractivity contribution in [2.45, 2.75) is 4.90 Å². The van der Waals surface area contributed by atoms with Gasteiger partial charge in [-0.2, -0.15) is 0 Å². The maximum Gasteiger partial charge on any atom is 0.337 e. The largest absolute Gasteiger partial charge is 1.00 e. The quantitative estimate of drug-likeness (QED) is 0.157. The van der Waals surface area contributed by atoms with Crippen LogP contribution in [0.1, 0.15) is 10.4 Å². The lowest BCUT2D eigenvalue weighted by Gasteiger charge is -2.10. The molecule has 0 aliphatic heterocycles. The third-order valence-corrected chi connectivity index (χ3v) is 3.67. The van der Waals surface area contributed by atoms with Crippen molar-refractivity contribution < 1.29 is 38.1 Å². The summed E-state index contributed by atoms with van der Waals surface area (Å²) in [7, 11) is 9.40. The van der Waals surface area contributed by atoms with E-state index in [2.05, 4.69) is 14.2 Å². The van der Waals surface area contributed by atoms with Gasteiger partial charge < -0.3 is 28.7 Å². The molecule has 6 heteroatoms. The molecule has 0 heterocycles. The molecule has 0 aliphatic carbocycles. The van der Waals surface area contributed by atoms with Crippen LogP contribution >= 0.6 is 11.8 Å². The van der Waals surface area contributed by atoms with E-state index in [1.54, 1.807) is 23.9 Å². The minimum Gasteiger partial charge on any atom is -1.00 e. The van der Waals surface area contributed by atoms with E-state index >= 15 is 0 Å². The molecule has 0 saturated carbocycles. The van der Waals surface area contributed by atoms with E-state index < -0.39 is 0 Å². The lowest BCUT2D eigenvalue weighted by Crippen LogP contribution is -3.00. The number of esters is 1. The Kier molecular flexibility index (Phi) is 8.08. The molecule has 0 aromatic heterocycles. The number of ether oxygens (including phenoxy) is 1. The first-order valence-electron chi connectivity index (χ1n) is 5.53. The van der Waals surface area contributed by atoms with Gasteiger partial charge in [0.1, 0.15) is 0 Å². The van der Waals surface area contributed by atoms with Crippen molar-refractivity contribution in [1.82, 2.24) is 4.90 Å². The maximum absolute atomic E-state index is 11.3. The topological polar surface area (TPSA) is 32.5 Å². The number of carbonyl (C=O) groups is 1. The molecule has 0 N–H and O–H groups in total. The van der Waals surface area contributed by atoms with Crippen molar-refractivity contribution in [3.63, 3.8) is 0 Å². The zero-order valence-corrected chi connectivity index (χ0v) is 14.8. The molecule has 19 heavy (non-hydrogen) atoms. The van der Waals surface area contributed by atoms with Gasteiger partial charge in [0.15, 0.2) is 0 Å². The summed E-state index contributed by atoms with van der Waals surface area (Å²) >= 11 is 1.65. The van der Waals surface area contributed by atoms with Crippen molar-refractivity contribution in [2.75, 3.05) is 35.3 Å². The van der Waals surface area contributed by atoms with E-state index in [4.69, 9.17) is 0 Å². The maximum atomic E-state index is 11.3. The molecule has 106 valence electrons. The summed E-state index contributed by atoms with van der Waals surface area (Å²) in [6.07, 6.45) is 0. The second-order valence-corrected chi connectivity index (χ2v) is 5.23. The molecule has 0 unspecified atom stereocenters. The summed E-state index contributed by atoms with van der Waals surface area (Å²) in [4.78, 5) is 14.5. The number of halogens is 1. The lowest BCUT2D eigenvalue weighted by molar-refractivity contribution is -0.466. The summed E-state index contributed by atoms with van der Waals surface area (Å²) in [5, 5.41) is 1.13. The average molecular weight is 394 g/mol. The van der Waals surface area contributed by atoms with Gasteiger partial charge in [-0.15, -0.1) is 0 Å². The van der Waals surface area contributed by atoms with Gasteiger partial charge in [-0.3, -0.25) is 9.48 Å². The van der Waals surface area contributed by atoms with Gasteiger partial charge in [0.05, 0.1) is 40.9 Å². The molecule has 0 aliphatic rings. The molecule has 0 spiro atoms. The first-order valence-corrected chi connectivity index (χ1v) is 6.35. The van der Waals surface area contributed by atoms with Crippen LogP contribution < -0.4 is 24.0 Å². The fourth-order valence-corrected chi connectivity index (χ4v) is 2.31. The Hall–Kier alpha value is -0.760. The third-order valence-electron chi connectivity index (χ3n) is 2.25. The second-order valence-electron chi connectivity index (χ2n) is 4.19. The highest BCUT2D eigenvalue weighted by Crippen LogP contribution is 2.21. The zero-order valence-electron chi connectivity index (χ0n) is 11.8. The first-order chi connectivity index (χ1) is 8.45. The number of hydrogen-bond acceptors (Lipinski definition) is 3. The third kappa shape index (κ3) is 5.40. The highest BCUT2D eigenvalue weighted by molar-refractivity contribution is 8.13. The van der Waals surface area contributed by atoms with Crippen LogP contribution in [-0.4, -0.2) is 55.9 Å². The average Bonchev–Trinajstić information content (AvgIpc) is 2.35. The molecule has 0 amide bonds. The Labute approximate surface area is 135 Å².